The van der Waals surface area contributed by atoms with Crippen molar-refractivity contribution in [2.24, 2.45) is 5.73 Å². The van der Waals surface area contributed by atoms with Crippen LogP contribution in [0.25, 0.3) is 0 Å². The standard InChI is InChI=1S/C17H14ClN5O2/c18-12-3-1-10(2-4-12)16(24)11-5-9(6-13(19)8-11)7-14-15(17(20)25)22-23-21-14/h1-6,8H,7,19H2,(H2,20,25)(H,21,22,23). The number of hydrogen-bond donors (Lipinski definition) is 3. The second-order valence-electron chi connectivity index (χ2n) is 5.48. The summed E-state index contributed by atoms with van der Waals surface area (Å²) >= 11 is 5.85. The van der Waals surface area contributed by atoms with Crippen molar-refractivity contribution in [3.63, 3.8) is 0 Å². The van der Waals surface area contributed by atoms with Gasteiger partial charge in [0.2, 0.25) is 0 Å². The van der Waals surface area contributed by atoms with Gasteiger partial charge in [0.25, 0.3) is 5.91 Å². The molecule has 0 unspecified atom stereocenters. The van der Waals surface area contributed by atoms with E-state index in [0.717, 1.165) is 5.56 Å². The molecule has 0 radical (unpaired) electrons. The summed E-state index contributed by atoms with van der Waals surface area (Å²) < 4.78 is 0. The highest BCUT2D eigenvalue weighted by molar-refractivity contribution is 6.30. The first-order valence-electron chi connectivity index (χ1n) is 7.33. The second kappa shape index (κ2) is 6.74. The maximum atomic E-state index is 12.6. The van der Waals surface area contributed by atoms with Crippen LogP contribution in [0.2, 0.25) is 5.02 Å². The lowest BCUT2D eigenvalue weighted by Gasteiger charge is -2.07. The molecule has 5 N–H and O–H groups in total. The molecule has 0 saturated heterocycles. The first kappa shape index (κ1) is 16.7. The Bertz CT molecular complexity index is 950. The minimum atomic E-state index is -0.676. The van der Waals surface area contributed by atoms with Crippen molar-refractivity contribution >= 4 is 29.0 Å². The Kier molecular flexibility index (Phi) is 4.49. The van der Waals surface area contributed by atoms with Gasteiger partial charge < -0.3 is 11.5 Å². The highest BCUT2D eigenvalue weighted by atomic mass is 35.5. The molecule has 0 aliphatic heterocycles. The molecular weight excluding hydrogens is 342 g/mol. The molecule has 7 nitrogen and oxygen atoms in total. The maximum Gasteiger partial charge on any atom is 0.271 e. The Balaban J connectivity index is 1.92. The van der Waals surface area contributed by atoms with Crippen LogP contribution in [0, 0.1) is 0 Å². The molecule has 2 aromatic carbocycles. The third-order valence-corrected chi connectivity index (χ3v) is 3.87. The molecule has 0 aliphatic rings. The van der Waals surface area contributed by atoms with Crippen molar-refractivity contribution < 1.29 is 9.59 Å². The molecule has 3 aromatic rings. The van der Waals surface area contributed by atoms with E-state index in [1.54, 1.807) is 42.5 Å². The Morgan fingerprint density at radius 1 is 1.08 bits per heavy atom. The van der Waals surface area contributed by atoms with Crippen molar-refractivity contribution in [1.29, 1.82) is 0 Å². The molecule has 0 aliphatic carbocycles. The van der Waals surface area contributed by atoms with Gasteiger partial charge in [-0.1, -0.05) is 16.8 Å². The zero-order valence-electron chi connectivity index (χ0n) is 13.0. The summed E-state index contributed by atoms with van der Waals surface area (Å²) in [7, 11) is 0. The largest absolute Gasteiger partial charge is 0.399 e. The number of nitrogen functional groups attached to an aromatic ring is 1. The fourth-order valence-corrected chi connectivity index (χ4v) is 2.62. The number of ketones is 1. The minimum absolute atomic E-state index is 0.0630. The van der Waals surface area contributed by atoms with Crippen molar-refractivity contribution in [2.45, 2.75) is 6.42 Å². The van der Waals surface area contributed by atoms with Gasteiger partial charge in [0.15, 0.2) is 11.5 Å². The van der Waals surface area contributed by atoms with Gasteiger partial charge >= 0.3 is 0 Å². The van der Waals surface area contributed by atoms with Gasteiger partial charge in [0, 0.05) is 28.3 Å². The number of hydrogen-bond acceptors (Lipinski definition) is 5. The monoisotopic (exact) mass is 355 g/mol. The number of nitrogens with one attached hydrogen (secondary N) is 1. The van der Waals surface area contributed by atoms with Crippen LogP contribution < -0.4 is 11.5 Å². The average molecular weight is 356 g/mol. The molecular formula is C17H14ClN5O2. The maximum absolute atomic E-state index is 12.6. The first-order chi connectivity index (χ1) is 11.9. The number of primary amides is 1. The van der Waals surface area contributed by atoms with Crippen LogP contribution in [-0.2, 0) is 6.42 Å². The summed E-state index contributed by atoms with van der Waals surface area (Å²) in [5.41, 5.74) is 13.8. The smallest absolute Gasteiger partial charge is 0.271 e. The quantitative estimate of drug-likeness (QED) is 0.476. The highest BCUT2D eigenvalue weighted by Crippen LogP contribution is 2.20. The van der Waals surface area contributed by atoms with Crippen LogP contribution in [0.3, 0.4) is 0 Å². The minimum Gasteiger partial charge on any atom is -0.399 e. The lowest BCUT2D eigenvalue weighted by molar-refractivity contribution is 0.0993. The Hall–Kier alpha value is -3.19. The van der Waals surface area contributed by atoms with Crippen LogP contribution in [0.1, 0.15) is 37.7 Å². The molecule has 1 aromatic heterocycles. The number of carbonyl (C=O) groups excluding carboxylic acids is 2. The van der Waals surface area contributed by atoms with Gasteiger partial charge in [-0.2, -0.15) is 0 Å². The number of H-pyrrole nitrogens is 1. The molecule has 1 heterocycles. The van der Waals surface area contributed by atoms with Gasteiger partial charge in [-0.25, -0.2) is 0 Å². The van der Waals surface area contributed by atoms with Crippen LogP contribution in [0.5, 0.6) is 0 Å². The lowest BCUT2D eigenvalue weighted by Crippen LogP contribution is -2.14. The van der Waals surface area contributed by atoms with E-state index in [2.05, 4.69) is 15.4 Å². The highest BCUT2D eigenvalue weighted by Gasteiger charge is 2.15. The summed E-state index contributed by atoms with van der Waals surface area (Å²) in [5.74, 6) is -0.854. The number of anilines is 1. The number of benzene rings is 2. The van der Waals surface area contributed by atoms with Crippen molar-refractivity contribution in [3.8, 4) is 0 Å². The second-order valence-corrected chi connectivity index (χ2v) is 5.92. The zero-order valence-corrected chi connectivity index (χ0v) is 13.7. The molecule has 126 valence electrons. The van der Waals surface area contributed by atoms with Crippen LogP contribution in [0.15, 0.2) is 42.5 Å². The third kappa shape index (κ3) is 3.67. The predicted octanol–water partition coefficient (Wildman–Crippen LogP) is 1.96. The number of rotatable bonds is 5. The van der Waals surface area contributed by atoms with Gasteiger partial charge in [-0.15, -0.1) is 5.10 Å². The van der Waals surface area contributed by atoms with E-state index in [1.807, 2.05) is 0 Å². The summed E-state index contributed by atoms with van der Waals surface area (Å²) in [4.78, 5) is 24.0. The third-order valence-electron chi connectivity index (χ3n) is 3.62. The molecule has 0 saturated carbocycles. The molecule has 0 fully saturated rings. The molecule has 0 atom stereocenters. The van der Waals surface area contributed by atoms with Crippen molar-refractivity contribution in [3.05, 3.63) is 75.6 Å². The molecule has 25 heavy (non-hydrogen) atoms. The van der Waals surface area contributed by atoms with Crippen molar-refractivity contribution in [1.82, 2.24) is 15.4 Å². The zero-order chi connectivity index (χ0) is 18.0. The van der Waals surface area contributed by atoms with E-state index >= 15 is 0 Å². The first-order valence-corrected chi connectivity index (χ1v) is 7.71. The van der Waals surface area contributed by atoms with Gasteiger partial charge in [0.1, 0.15) is 0 Å². The van der Waals surface area contributed by atoms with E-state index in [4.69, 9.17) is 23.1 Å². The molecule has 0 bridgehead atoms. The normalized spacial score (nSPS) is 10.6. The van der Waals surface area contributed by atoms with E-state index in [-0.39, 0.29) is 17.9 Å². The SMILES string of the molecule is NC(=O)c1nn[nH]c1Cc1cc(N)cc(C(=O)c2ccc(Cl)cc2)c1. The van der Waals surface area contributed by atoms with E-state index in [9.17, 15) is 9.59 Å². The summed E-state index contributed by atoms with van der Waals surface area (Å²) in [6, 6.07) is 11.6. The topological polar surface area (TPSA) is 128 Å². The molecule has 0 spiro atoms. The lowest BCUT2D eigenvalue weighted by atomic mass is 9.98. The van der Waals surface area contributed by atoms with Crippen molar-refractivity contribution in [2.75, 3.05) is 5.73 Å². The fraction of sp³-hybridized carbons (Fsp3) is 0.0588. The Morgan fingerprint density at radius 2 is 1.80 bits per heavy atom. The Morgan fingerprint density at radius 3 is 2.48 bits per heavy atom. The van der Waals surface area contributed by atoms with E-state index in [1.165, 1.54) is 0 Å². The number of nitrogens with zero attached hydrogens (tertiary/aromatic N) is 2. The van der Waals surface area contributed by atoms with Crippen LogP contribution in [0.4, 0.5) is 5.69 Å². The summed E-state index contributed by atoms with van der Waals surface area (Å²) in [5, 5.41) is 10.4. The fourth-order valence-electron chi connectivity index (χ4n) is 2.49. The van der Waals surface area contributed by atoms with Crippen LogP contribution >= 0.6 is 11.6 Å². The number of halogens is 1. The molecule has 3 rings (SSSR count). The summed E-state index contributed by atoms with van der Waals surface area (Å²) in [6.07, 6.45) is 0.289. The average Bonchev–Trinajstić information content (AvgIpc) is 3.02. The number of aromatic nitrogens is 3. The molecule has 1 amide bonds. The van der Waals surface area contributed by atoms with E-state index in [0.29, 0.717) is 27.5 Å². The van der Waals surface area contributed by atoms with Gasteiger partial charge in [-0.3, -0.25) is 14.7 Å². The number of aromatic amines is 1. The summed E-state index contributed by atoms with van der Waals surface area (Å²) in [6.45, 7) is 0. The van der Waals surface area contributed by atoms with Gasteiger partial charge in [0.05, 0.1) is 5.69 Å². The number of amides is 1. The van der Waals surface area contributed by atoms with Gasteiger partial charge in [-0.05, 0) is 48.0 Å². The number of nitrogens with two attached hydrogens (primary N) is 2. The van der Waals surface area contributed by atoms with E-state index < -0.39 is 5.91 Å². The van der Waals surface area contributed by atoms with Crippen LogP contribution in [-0.4, -0.2) is 27.1 Å². The predicted molar refractivity (Wildman–Crippen MR) is 93.4 cm³/mol. The molecule has 8 heteroatoms. The Labute approximate surface area is 148 Å². The number of carbonyl (C=O) groups is 2.